The standard InChI is InChI=1S/C20H20BrN3O3/c1-12(14-6-9-18(26-2)19(10-14)27-3)22-20(25)17-11-16(23-24-17)13-4-7-15(21)8-5-13/h4-12H,1-3H3,(H,22,25)(H,23,24). The van der Waals surface area contributed by atoms with E-state index in [9.17, 15) is 4.79 Å². The number of rotatable bonds is 6. The number of methoxy groups -OCH3 is 2. The van der Waals surface area contributed by atoms with Crippen LogP contribution in [0.2, 0.25) is 0 Å². The predicted molar refractivity (Wildman–Crippen MR) is 107 cm³/mol. The lowest BCUT2D eigenvalue weighted by atomic mass is 10.1. The fourth-order valence-electron chi connectivity index (χ4n) is 2.69. The Balaban J connectivity index is 1.73. The Morgan fingerprint density at radius 2 is 1.78 bits per heavy atom. The van der Waals surface area contributed by atoms with Crippen molar-refractivity contribution in [1.29, 1.82) is 0 Å². The van der Waals surface area contributed by atoms with Crippen molar-refractivity contribution in [2.45, 2.75) is 13.0 Å². The number of aromatic nitrogens is 2. The Morgan fingerprint density at radius 1 is 1.07 bits per heavy atom. The van der Waals surface area contributed by atoms with Gasteiger partial charge >= 0.3 is 0 Å². The van der Waals surface area contributed by atoms with E-state index in [-0.39, 0.29) is 11.9 Å². The number of amides is 1. The van der Waals surface area contributed by atoms with Crippen LogP contribution in [0.4, 0.5) is 0 Å². The highest BCUT2D eigenvalue weighted by Gasteiger charge is 2.16. The second-order valence-corrected chi connectivity index (χ2v) is 6.90. The van der Waals surface area contributed by atoms with Crippen LogP contribution < -0.4 is 14.8 Å². The minimum Gasteiger partial charge on any atom is -0.493 e. The van der Waals surface area contributed by atoms with Gasteiger partial charge in [0.05, 0.1) is 26.0 Å². The van der Waals surface area contributed by atoms with Crippen molar-refractivity contribution >= 4 is 21.8 Å². The highest BCUT2D eigenvalue weighted by Crippen LogP contribution is 2.30. The summed E-state index contributed by atoms with van der Waals surface area (Å²) in [4.78, 5) is 12.6. The van der Waals surface area contributed by atoms with Crippen molar-refractivity contribution < 1.29 is 14.3 Å². The number of halogens is 1. The smallest absolute Gasteiger partial charge is 0.269 e. The van der Waals surface area contributed by atoms with Gasteiger partial charge in [-0.05, 0) is 42.8 Å². The summed E-state index contributed by atoms with van der Waals surface area (Å²) in [5.74, 6) is 1.04. The maximum absolute atomic E-state index is 12.6. The number of hydrogen-bond acceptors (Lipinski definition) is 4. The molecule has 3 aromatic rings. The zero-order chi connectivity index (χ0) is 19.4. The largest absolute Gasteiger partial charge is 0.493 e. The van der Waals surface area contributed by atoms with Gasteiger partial charge in [-0.2, -0.15) is 5.10 Å². The molecule has 0 aliphatic heterocycles. The summed E-state index contributed by atoms with van der Waals surface area (Å²) in [5.41, 5.74) is 2.96. The molecule has 0 aliphatic rings. The number of ether oxygens (including phenoxy) is 2. The van der Waals surface area contributed by atoms with Crippen LogP contribution in [-0.4, -0.2) is 30.3 Å². The average Bonchev–Trinajstić information content (AvgIpc) is 3.18. The third kappa shape index (κ3) is 4.31. The van der Waals surface area contributed by atoms with Crippen LogP contribution in [-0.2, 0) is 0 Å². The summed E-state index contributed by atoms with van der Waals surface area (Å²) in [6, 6.07) is 14.8. The third-order valence-electron chi connectivity index (χ3n) is 4.22. The number of nitrogens with one attached hydrogen (secondary N) is 2. The van der Waals surface area contributed by atoms with E-state index in [0.29, 0.717) is 22.9 Å². The monoisotopic (exact) mass is 429 g/mol. The molecule has 27 heavy (non-hydrogen) atoms. The quantitative estimate of drug-likeness (QED) is 0.610. The second kappa shape index (κ2) is 8.26. The van der Waals surface area contributed by atoms with Gasteiger partial charge in [-0.15, -0.1) is 0 Å². The maximum atomic E-state index is 12.6. The minimum absolute atomic E-state index is 0.211. The molecular formula is C20H20BrN3O3. The summed E-state index contributed by atoms with van der Waals surface area (Å²) >= 11 is 3.41. The van der Waals surface area contributed by atoms with E-state index in [0.717, 1.165) is 15.6 Å². The number of carbonyl (C=O) groups excluding carboxylic acids is 1. The number of H-pyrrole nitrogens is 1. The van der Waals surface area contributed by atoms with Gasteiger partial charge in [0.25, 0.3) is 5.91 Å². The highest BCUT2D eigenvalue weighted by atomic mass is 79.9. The Labute approximate surface area is 166 Å². The predicted octanol–water partition coefficient (Wildman–Crippen LogP) is 4.35. The lowest BCUT2D eigenvalue weighted by molar-refractivity contribution is 0.0934. The summed E-state index contributed by atoms with van der Waals surface area (Å²) in [6.07, 6.45) is 0. The molecule has 1 unspecified atom stereocenters. The van der Waals surface area contributed by atoms with Crippen LogP contribution in [0.15, 0.2) is 53.0 Å². The van der Waals surface area contributed by atoms with Crippen LogP contribution >= 0.6 is 15.9 Å². The first-order valence-electron chi connectivity index (χ1n) is 8.36. The van der Waals surface area contributed by atoms with E-state index in [2.05, 4.69) is 31.4 Å². The highest BCUT2D eigenvalue weighted by molar-refractivity contribution is 9.10. The van der Waals surface area contributed by atoms with Crippen molar-refractivity contribution in [2.24, 2.45) is 0 Å². The molecule has 3 rings (SSSR count). The SMILES string of the molecule is COc1ccc(C(C)NC(=O)c2cc(-c3ccc(Br)cc3)n[nH]2)cc1OC. The fraction of sp³-hybridized carbons (Fsp3) is 0.200. The molecule has 0 saturated heterocycles. The van der Waals surface area contributed by atoms with E-state index in [1.54, 1.807) is 20.3 Å². The van der Waals surface area contributed by atoms with Gasteiger partial charge in [0.15, 0.2) is 11.5 Å². The van der Waals surface area contributed by atoms with Gasteiger partial charge in [-0.25, -0.2) is 0 Å². The van der Waals surface area contributed by atoms with Crippen molar-refractivity contribution in [3.05, 3.63) is 64.3 Å². The normalized spacial score (nSPS) is 11.7. The Bertz CT molecular complexity index is 938. The van der Waals surface area contributed by atoms with Crippen molar-refractivity contribution in [1.82, 2.24) is 15.5 Å². The van der Waals surface area contributed by atoms with Crippen molar-refractivity contribution in [3.63, 3.8) is 0 Å². The number of hydrogen-bond donors (Lipinski definition) is 2. The summed E-state index contributed by atoms with van der Waals surface area (Å²) in [7, 11) is 3.17. The molecular weight excluding hydrogens is 410 g/mol. The molecule has 2 aromatic carbocycles. The zero-order valence-corrected chi connectivity index (χ0v) is 16.8. The first-order chi connectivity index (χ1) is 13.0. The van der Waals surface area contributed by atoms with Gasteiger partial charge in [0.2, 0.25) is 0 Å². The number of carbonyl (C=O) groups is 1. The van der Waals surface area contributed by atoms with E-state index >= 15 is 0 Å². The zero-order valence-electron chi connectivity index (χ0n) is 15.2. The minimum atomic E-state index is -0.229. The lowest BCUT2D eigenvalue weighted by Gasteiger charge is -2.16. The Morgan fingerprint density at radius 3 is 2.44 bits per heavy atom. The number of nitrogens with zero attached hydrogens (tertiary/aromatic N) is 1. The summed E-state index contributed by atoms with van der Waals surface area (Å²) < 4.78 is 11.6. The summed E-state index contributed by atoms with van der Waals surface area (Å²) in [5, 5.41) is 9.99. The molecule has 1 amide bonds. The Kier molecular flexibility index (Phi) is 5.81. The molecule has 1 atom stereocenters. The molecule has 0 spiro atoms. The topological polar surface area (TPSA) is 76.2 Å². The molecule has 2 N–H and O–H groups in total. The molecule has 0 bridgehead atoms. The third-order valence-corrected chi connectivity index (χ3v) is 4.75. The maximum Gasteiger partial charge on any atom is 0.269 e. The van der Waals surface area contributed by atoms with Crippen LogP contribution in [0.5, 0.6) is 11.5 Å². The average molecular weight is 430 g/mol. The Hall–Kier alpha value is -2.80. The number of aromatic amines is 1. The molecule has 0 saturated carbocycles. The first kappa shape index (κ1) is 19.0. The van der Waals surface area contributed by atoms with Crippen LogP contribution in [0.3, 0.4) is 0 Å². The van der Waals surface area contributed by atoms with Crippen molar-refractivity contribution in [2.75, 3.05) is 14.2 Å². The van der Waals surface area contributed by atoms with E-state index in [4.69, 9.17) is 9.47 Å². The molecule has 140 valence electrons. The fourth-order valence-corrected chi connectivity index (χ4v) is 2.95. The van der Waals surface area contributed by atoms with Crippen molar-refractivity contribution in [3.8, 4) is 22.8 Å². The van der Waals surface area contributed by atoms with Gasteiger partial charge in [-0.3, -0.25) is 9.89 Å². The second-order valence-electron chi connectivity index (χ2n) is 5.98. The molecule has 0 radical (unpaired) electrons. The van der Waals surface area contributed by atoms with Gasteiger partial charge < -0.3 is 14.8 Å². The van der Waals surface area contributed by atoms with E-state index in [1.807, 2.05) is 49.4 Å². The molecule has 1 heterocycles. The molecule has 7 heteroatoms. The first-order valence-corrected chi connectivity index (χ1v) is 9.15. The molecule has 0 fully saturated rings. The van der Waals surface area contributed by atoms with Gasteiger partial charge in [0.1, 0.15) is 5.69 Å². The van der Waals surface area contributed by atoms with Crippen LogP contribution in [0, 0.1) is 0 Å². The van der Waals surface area contributed by atoms with E-state index < -0.39 is 0 Å². The summed E-state index contributed by atoms with van der Waals surface area (Å²) in [6.45, 7) is 1.91. The van der Waals surface area contributed by atoms with E-state index in [1.165, 1.54) is 0 Å². The molecule has 1 aromatic heterocycles. The lowest BCUT2D eigenvalue weighted by Crippen LogP contribution is -2.27. The molecule has 0 aliphatic carbocycles. The van der Waals surface area contributed by atoms with Crippen LogP contribution in [0.25, 0.3) is 11.3 Å². The molecule has 6 nitrogen and oxygen atoms in total. The van der Waals surface area contributed by atoms with Gasteiger partial charge in [-0.1, -0.05) is 34.1 Å². The van der Waals surface area contributed by atoms with Gasteiger partial charge in [0, 0.05) is 10.0 Å². The number of benzene rings is 2. The van der Waals surface area contributed by atoms with Crippen LogP contribution in [0.1, 0.15) is 29.0 Å².